The summed E-state index contributed by atoms with van der Waals surface area (Å²) in [7, 11) is 0. The van der Waals surface area contributed by atoms with Gasteiger partial charge in [-0.25, -0.2) is 0 Å². The smallest absolute Gasteiger partial charge is 0.237 e. The van der Waals surface area contributed by atoms with Gasteiger partial charge in [-0.15, -0.1) is 12.4 Å². The second kappa shape index (κ2) is 9.28. The van der Waals surface area contributed by atoms with Crippen LogP contribution in [0.3, 0.4) is 0 Å². The maximum absolute atomic E-state index is 11.6. The number of nitrogens with zero attached hydrogens (tertiary/aromatic N) is 1. The molecule has 112 valence electrons. The van der Waals surface area contributed by atoms with Gasteiger partial charge in [-0.1, -0.05) is 13.8 Å². The van der Waals surface area contributed by atoms with E-state index in [1.54, 1.807) is 24.5 Å². The Morgan fingerprint density at radius 1 is 1.30 bits per heavy atom. The van der Waals surface area contributed by atoms with Crippen LogP contribution in [0.25, 0.3) is 0 Å². The first-order valence-corrected chi connectivity index (χ1v) is 6.24. The number of halogens is 1. The minimum absolute atomic E-state index is 0. The number of rotatable bonds is 6. The van der Waals surface area contributed by atoms with Crippen molar-refractivity contribution >= 4 is 29.9 Å². The summed E-state index contributed by atoms with van der Waals surface area (Å²) in [4.78, 5) is 27.0. The van der Waals surface area contributed by atoms with Crippen molar-refractivity contribution in [3.8, 4) is 0 Å². The number of aromatic nitrogens is 1. The molecule has 1 aromatic rings. The minimum Gasteiger partial charge on any atom is -0.354 e. The van der Waals surface area contributed by atoms with Gasteiger partial charge in [0.1, 0.15) is 0 Å². The molecular weight excluding hydrogens is 280 g/mol. The summed E-state index contributed by atoms with van der Waals surface area (Å²) in [6.07, 6.45) is 3.40. The standard InChI is InChI=1S/C13H20N4O2.ClH/c1-9(2)12(14)13(19)16-8-5-11(18)17-10-3-6-15-7-4-10;/h3-4,6-7,9,12H,5,8,14H2,1-2H3,(H,16,19)(H,15,17,18);1H/t12-;/m0./s1. The van der Waals surface area contributed by atoms with E-state index in [0.29, 0.717) is 5.69 Å². The van der Waals surface area contributed by atoms with Crippen LogP contribution in [0.5, 0.6) is 0 Å². The molecule has 1 heterocycles. The van der Waals surface area contributed by atoms with E-state index in [0.717, 1.165) is 0 Å². The van der Waals surface area contributed by atoms with Crippen LogP contribution in [0.2, 0.25) is 0 Å². The molecule has 4 N–H and O–H groups in total. The highest BCUT2D eigenvalue weighted by atomic mass is 35.5. The summed E-state index contributed by atoms with van der Waals surface area (Å²) < 4.78 is 0. The molecule has 1 atom stereocenters. The van der Waals surface area contributed by atoms with Gasteiger partial charge in [-0.2, -0.15) is 0 Å². The van der Waals surface area contributed by atoms with E-state index in [2.05, 4.69) is 15.6 Å². The number of anilines is 1. The van der Waals surface area contributed by atoms with Crippen molar-refractivity contribution in [3.63, 3.8) is 0 Å². The van der Waals surface area contributed by atoms with Gasteiger partial charge in [0.25, 0.3) is 0 Å². The maximum Gasteiger partial charge on any atom is 0.237 e. The highest BCUT2D eigenvalue weighted by Crippen LogP contribution is 2.03. The van der Waals surface area contributed by atoms with Gasteiger partial charge in [0.05, 0.1) is 6.04 Å². The molecule has 0 spiro atoms. The summed E-state index contributed by atoms with van der Waals surface area (Å²) >= 11 is 0. The van der Waals surface area contributed by atoms with Crippen molar-refractivity contribution in [3.05, 3.63) is 24.5 Å². The first-order valence-electron chi connectivity index (χ1n) is 6.24. The zero-order valence-electron chi connectivity index (χ0n) is 11.6. The number of pyridine rings is 1. The SMILES string of the molecule is CC(C)[C@H](N)C(=O)NCCC(=O)Nc1ccncc1.Cl. The quantitative estimate of drug-likeness (QED) is 0.728. The van der Waals surface area contributed by atoms with Crippen LogP contribution in [0.1, 0.15) is 20.3 Å². The Bertz CT molecular complexity index is 426. The van der Waals surface area contributed by atoms with E-state index >= 15 is 0 Å². The van der Waals surface area contributed by atoms with Crippen LogP contribution in [0.4, 0.5) is 5.69 Å². The van der Waals surface area contributed by atoms with Crippen LogP contribution >= 0.6 is 12.4 Å². The van der Waals surface area contributed by atoms with Crippen LogP contribution in [-0.2, 0) is 9.59 Å². The molecule has 7 heteroatoms. The van der Waals surface area contributed by atoms with Gasteiger partial charge in [-0.05, 0) is 18.1 Å². The molecule has 0 fully saturated rings. The monoisotopic (exact) mass is 300 g/mol. The third-order valence-electron chi connectivity index (χ3n) is 2.64. The van der Waals surface area contributed by atoms with Crippen molar-refractivity contribution in [1.29, 1.82) is 0 Å². The molecule has 0 unspecified atom stereocenters. The molecule has 0 aromatic carbocycles. The molecule has 0 aliphatic heterocycles. The number of carbonyl (C=O) groups is 2. The van der Waals surface area contributed by atoms with E-state index in [1.165, 1.54) is 0 Å². The summed E-state index contributed by atoms with van der Waals surface area (Å²) in [6, 6.07) is 2.86. The zero-order chi connectivity index (χ0) is 14.3. The third kappa shape index (κ3) is 6.49. The lowest BCUT2D eigenvalue weighted by atomic mass is 10.1. The average Bonchev–Trinajstić information content (AvgIpc) is 2.38. The fraction of sp³-hybridized carbons (Fsp3) is 0.462. The van der Waals surface area contributed by atoms with Crippen LogP contribution in [0, 0.1) is 5.92 Å². The number of hydrogen-bond donors (Lipinski definition) is 3. The molecule has 1 aromatic heterocycles. The van der Waals surface area contributed by atoms with Crippen molar-refractivity contribution in [1.82, 2.24) is 10.3 Å². The lowest BCUT2D eigenvalue weighted by Crippen LogP contribution is -2.44. The Kier molecular flexibility index (Phi) is 8.51. The fourth-order valence-corrected chi connectivity index (χ4v) is 1.38. The van der Waals surface area contributed by atoms with Crippen molar-refractivity contribution < 1.29 is 9.59 Å². The molecule has 0 bridgehead atoms. The van der Waals surface area contributed by atoms with E-state index in [-0.39, 0.29) is 43.1 Å². The Labute approximate surface area is 124 Å². The van der Waals surface area contributed by atoms with Crippen molar-refractivity contribution in [2.45, 2.75) is 26.3 Å². The van der Waals surface area contributed by atoms with E-state index < -0.39 is 6.04 Å². The average molecular weight is 301 g/mol. The summed E-state index contributed by atoms with van der Waals surface area (Å²) in [6.45, 7) is 4.02. The van der Waals surface area contributed by atoms with E-state index in [1.807, 2.05) is 13.8 Å². The number of hydrogen-bond acceptors (Lipinski definition) is 4. The number of carbonyl (C=O) groups excluding carboxylic acids is 2. The third-order valence-corrected chi connectivity index (χ3v) is 2.64. The van der Waals surface area contributed by atoms with E-state index in [9.17, 15) is 9.59 Å². The minimum atomic E-state index is -0.539. The van der Waals surface area contributed by atoms with Crippen molar-refractivity contribution in [2.75, 3.05) is 11.9 Å². The second-order valence-corrected chi connectivity index (χ2v) is 4.59. The van der Waals surface area contributed by atoms with Gasteiger partial charge in [0.15, 0.2) is 0 Å². The highest BCUT2D eigenvalue weighted by molar-refractivity contribution is 5.91. The van der Waals surface area contributed by atoms with Gasteiger partial charge in [0, 0.05) is 31.0 Å². The Hall–Kier alpha value is -1.66. The molecule has 1 rings (SSSR count). The molecule has 0 aliphatic rings. The number of nitrogens with one attached hydrogen (secondary N) is 2. The first-order chi connectivity index (χ1) is 9.00. The Balaban J connectivity index is 0.00000361. The number of nitrogens with two attached hydrogens (primary N) is 1. The predicted octanol–water partition coefficient (Wildman–Crippen LogP) is 0.931. The van der Waals surface area contributed by atoms with Gasteiger partial charge >= 0.3 is 0 Å². The molecule has 20 heavy (non-hydrogen) atoms. The summed E-state index contributed by atoms with van der Waals surface area (Å²) in [5.74, 6) is -0.318. The molecule has 2 amide bonds. The van der Waals surface area contributed by atoms with Crippen LogP contribution in [0.15, 0.2) is 24.5 Å². The van der Waals surface area contributed by atoms with Crippen LogP contribution in [-0.4, -0.2) is 29.4 Å². The van der Waals surface area contributed by atoms with Crippen LogP contribution < -0.4 is 16.4 Å². The normalized spacial score (nSPS) is 11.4. The summed E-state index contributed by atoms with van der Waals surface area (Å²) in [5, 5.41) is 5.35. The summed E-state index contributed by atoms with van der Waals surface area (Å²) in [5.41, 5.74) is 6.37. The topological polar surface area (TPSA) is 97.1 Å². The van der Waals surface area contributed by atoms with Gasteiger partial charge < -0.3 is 16.4 Å². The van der Waals surface area contributed by atoms with Crippen molar-refractivity contribution in [2.24, 2.45) is 11.7 Å². The lowest BCUT2D eigenvalue weighted by Gasteiger charge is -2.15. The fourth-order valence-electron chi connectivity index (χ4n) is 1.38. The first kappa shape index (κ1) is 18.3. The molecule has 0 radical (unpaired) electrons. The van der Waals surface area contributed by atoms with E-state index in [4.69, 9.17) is 5.73 Å². The molecular formula is C13H21ClN4O2. The largest absolute Gasteiger partial charge is 0.354 e. The zero-order valence-corrected chi connectivity index (χ0v) is 12.4. The molecule has 6 nitrogen and oxygen atoms in total. The number of amides is 2. The van der Waals surface area contributed by atoms with Gasteiger partial charge in [-0.3, -0.25) is 14.6 Å². The molecule has 0 saturated carbocycles. The Morgan fingerprint density at radius 3 is 2.45 bits per heavy atom. The molecule has 0 saturated heterocycles. The second-order valence-electron chi connectivity index (χ2n) is 4.59. The van der Waals surface area contributed by atoms with Gasteiger partial charge in [0.2, 0.25) is 11.8 Å². The molecule has 0 aliphatic carbocycles. The highest BCUT2D eigenvalue weighted by Gasteiger charge is 2.16. The lowest BCUT2D eigenvalue weighted by molar-refractivity contribution is -0.123. The Morgan fingerprint density at radius 2 is 1.90 bits per heavy atom. The predicted molar refractivity (Wildman–Crippen MR) is 80.6 cm³/mol. The maximum atomic E-state index is 11.6.